The van der Waals surface area contributed by atoms with E-state index in [1.54, 1.807) is 41.5 Å². The summed E-state index contributed by atoms with van der Waals surface area (Å²) in [6.45, 7) is 15.5. The summed E-state index contributed by atoms with van der Waals surface area (Å²) >= 11 is 0. The molecule has 0 N–H and O–H groups in total. The van der Waals surface area contributed by atoms with E-state index >= 15 is 0 Å². The van der Waals surface area contributed by atoms with E-state index in [4.69, 9.17) is 0 Å². The minimum Gasteiger partial charge on any atom is -0.869 e. The van der Waals surface area contributed by atoms with Crippen LogP contribution < -0.4 is 10.2 Å². The van der Waals surface area contributed by atoms with Gasteiger partial charge in [0.1, 0.15) is 0 Å². The number of nitrogens with zero attached hydrogens (tertiary/aromatic N) is 4. The number of ketones is 2. The predicted octanol–water partition coefficient (Wildman–Crippen LogP) is -0.763. The zero-order valence-electron chi connectivity index (χ0n) is 23.4. The summed E-state index contributed by atoms with van der Waals surface area (Å²) < 4.78 is 0. The smallest absolute Gasteiger partial charge is 0.869 e. The number of carbonyl (C=O) groups excluding carboxylic acids is 4. The summed E-state index contributed by atoms with van der Waals surface area (Å²) in [5.41, 5.74) is -1.25. The van der Waals surface area contributed by atoms with Gasteiger partial charge in [-0.3, -0.25) is 19.2 Å². The van der Waals surface area contributed by atoms with Crippen LogP contribution in [-0.4, -0.2) is 109 Å². The van der Waals surface area contributed by atoms with Gasteiger partial charge >= 0.3 is 16.8 Å². The Morgan fingerprint density at radius 1 is 0.568 bits per heavy atom. The molecule has 2 aliphatic rings. The van der Waals surface area contributed by atoms with Crippen LogP contribution in [-0.2, 0) is 36.0 Å². The summed E-state index contributed by atoms with van der Waals surface area (Å²) in [7, 11) is 3.94. The predicted molar refractivity (Wildman–Crippen MR) is 133 cm³/mol. The van der Waals surface area contributed by atoms with Crippen LogP contribution >= 0.6 is 0 Å². The summed E-state index contributed by atoms with van der Waals surface area (Å²) in [5, 5.41) is 23.4. The maximum absolute atomic E-state index is 11.8. The van der Waals surface area contributed by atoms with Crippen molar-refractivity contribution in [2.24, 2.45) is 10.8 Å². The third-order valence-electron chi connectivity index (χ3n) is 6.01. The van der Waals surface area contributed by atoms with Crippen molar-refractivity contribution in [3.05, 3.63) is 23.7 Å². The van der Waals surface area contributed by atoms with Crippen LogP contribution in [0.3, 0.4) is 0 Å². The van der Waals surface area contributed by atoms with Gasteiger partial charge in [-0.05, 0) is 37.8 Å². The second-order valence-electron chi connectivity index (χ2n) is 11.4. The molecule has 10 nitrogen and oxygen atoms in total. The second kappa shape index (κ2) is 14.7. The van der Waals surface area contributed by atoms with Gasteiger partial charge in [-0.15, -0.1) is 0 Å². The molecule has 0 bridgehead atoms. The molecule has 2 saturated heterocycles. The topological polar surface area (TPSA) is 127 Å². The van der Waals surface area contributed by atoms with Crippen molar-refractivity contribution in [1.82, 2.24) is 19.6 Å². The fraction of sp³-hybridized carbons (Fsp3) is 0.692. The standard InChI is InChI=1S/2C13H22N2O3.Co/c2*1-13(2,3)11(17)9-10(16)12(18)15-7-5-14(4)6-8-15;/h2*9,16H,5-8H2,1-4H3;/q;;+2/p-2/b2*10-9-;. The molecule has 0 unspecified atom stereocenters. The van der Waals surface area contributed by atoms with Gasteiger partial charge in [0.05, 0.1) is 0 Å². The van der Waals surface area contributed by atoms with Gasteiger partial charge in [-0.25, -0.2) is 0 Å². The Bertz CT molecular complexity index is 800. The Morgan fingerprint density at radius 2 is 0.811 bits per heavy atom. The maximum atomic E-state index is 11.8. The quantitative estimate of drug-likeness (QED) is 0.322. The van der Waals surface area contributed by atoms with Crippen LogP contribution in [0.25, 0.3) is 0 Å². The number of hydrogen-bond donors (Lipinski definition) is 0. The van der Waals surface area contributed by atoms with Gasteiger partial charge in [0, 0.05) is 63.2 Å². The molecule has 2 aliphatic heterocycles. The van der Waals surface area contributed by atoms with Crippen molar-refractivity contribution in [3.63, 3.8) is 0 Å². The number of rotatable bonds is 4. The molecule has 0 aromatic heterocycles. The van der Waals surface area contributed by atoms with Gasteiger partial charge in [-0.1, -0.05) is 41.5 Å². The minimum atomic E-state index is -0.709. The van der Waals surface area contributed by atoms with E-state index in [1.807, 2.05) is 14.1 Å². The summed E-state index contributed by atoms with van der Waals surface area (Å²) in [6, 6.07) is 0. The van der Waals surface area contributed by atoms with Crippen molar-refractivity contribution in [1.29, 1.82) is 0 Å². The second-order valence-corrected chi connectivity index (χ2v) is 11.4. The molecule has 1 radical (unpaired) electrons. The van der Waals surface area contributed by atoms with Crippen LogP contribution in [0.5, 0.6) is 0 Å². The molecule has 0 aromatic rings. The molecule has 211 valence electrons. The fourth-order valence-corrected chi connectivity index (χ4v) is 3.13. The molecule has 0 spiro atoms. The Hall–Kier alpha value is -2.21. The van der Waals surface area contributed by atoms with E-state index in [0.717, 1.165) is 38.3 Å². The molecule has 0 aliphatic carbocycles. The van der Waals surface area contributed by atoms with Crippen LogP contribution in [0.2, 0.25) is 0 Å². The zero-order chi connectivity index (χ0) is 27.8. The number of likely N-dealkylation sites (N-methyl/N-ethyl adjacent to an activating group) is 2. The maximum Gasteiger partial charge on any atom is 2.00 e. The first-order valence-electron chi connectivity index (χ1n) is 12.3. The molecule has 2 rings (SSSR count). The average Bonchev–Trinajstić information content (AvgIpc) is 2.78. The zero-order valence-corrected chi connectivity index (χ0v) is 24.4. The van der Waals surface area contributed by atoms with E-state index in [9.17, 15) is 29.4 Å². The van der Waals surface area contributed by atoms with Gasteiger partial charge in [0.25, 0.3) is 0 Å². The molecule has 11 heteroatoms. The number of carbonyl (C=O) groups is 4. The monoisotopic (exact) mass is 565 g/mol. The Kier molecular flexibility index (Phi) is 13.8. The van der Waals surface area contributed by atoms with E-state index in [0.29, 0.717) is 26.2 Å². The van der Waals surface area contributed by atoms with E-state index in [1.165, 1.54) is 9.80 Å². The first kappa shape index (κ1) is 34.8. The Balaban J connectivity index is 0.000000682. The average molecular weight is 566 g/mol. The van der Waals surface area contributed by atoms with Crippen molar-refractivity contribution < 1.29 is 46.2 Å². The summed E-state index contributed by atoms with van der Waals surface area (Å²) in [6.07, 6.45) is 1.86. The number of allylic oxidation sites excluding steroid dienone is 2. The first-order chi connectivity index (χ1) is 16.4. The van der Waals surface area contributed by atoms with Crippen molar-refractivity contribution in [3.8, 4) is 0 Å². The van der Waals surface area contributed by atoms with E-state index in [2.05, 4.69) is 9.80 Å². The third-order valence-corrected chi connectivity index (χ3v) is 6.01. The van der Waals surface area contributed by atoms with Gasteiger partial charge in [-0.2, -0.15) is 0 Å². The fourth-order valence-electron chi connectivity index (χ4n) is 3.13. The van der Waals surface area contributed by atoms with Crippen LogP contribution in [0.15, 0.2) is 23.7 Å². The Labute approximate surface area is 231 Å². The van der Waals surface area contributed by atoms with Gasteiger partial charge in [0.2, 0.25) is 11.8 Å². The van der Waals surface area contributed by atoms with Gasteiger partial charge in [0.15, 0.2) is 11.6 Å². The third kappa shape index (κ3) is 11.8. The van der Waals surface area contributed by atoms with Crippen LogP contribution in [0.1, 0.15) is 41.5 Å². The number of hydrogen-bond acceptors (Lipinski definition) is 8. The van der Waals surface area contributed by atoms with E-state index in [-0.39, 0.29) is 28.3 Å². The van der Waals surface area contributed by atoms with Gasteiger partial charge < -0.3 is 29.8 Å². The van der Waals surface area contributed by atoms with Crippen molar-refractivity contribution in [2.75, 3.05) is 66.5 Å². The van der Waals surface area contributed by atoms with E-state index < -0.39 is 34.2 Å². The molecule has 2 fully saturated rings. The molecular weight excluding hydrogens is 523 g/mol. The largest absolute Gasteiger partial charge is 2.00 e. The number of piperazine rings is 2. The number of amides is 2. The van der Waals surface area contributed by atoms with Crippen molar-refractivity contribution >= 4 is 23.4 Å². The SMILES string of the molecule is CN1CCN(C(=O)/C([O-])=C/C(=O)C(C)(C)C)CC1.CN1CCN(C(=O)/C([O-])=C/C(=O)C(C)(C)C)CC1.[Co+2]. The minimum absolute atomic E-state index is 0. The molecular formula is C26H42CoN4O6. The first-order valence-corrected chi connectivity index (χ1v) is 12.3. The molecule has 2 heterocycles. The molecule has 37 heavy (non-hydrogen) atoms. The Morgan fingerprint density at radius 3 is 1.03 bits per heavy atom. The summed E-state index contributed by atoms with van der Waals surface area (Å²) in [5.74, 6) is -3.18. The van der Waals surface area contributed by atoms with Crippen LogP contribution in [0, 0.1) is 10.8 Å². The normalized spacial score (nSPS) is 18.4. The summed E-state index contributed by atoms with van der Waals surface area (Å²) in [4.78, 5) is 54.2. The van der Waals surface area contributed by atoms with Crippen LogP contribution in [0.4, 0.5) is 0 Å². The molecule has 0 saturated carbocycles. The van der Waals surface area contributed by atoms with Crippen molar-refractivity contribution in [2.45, 2.75) is 41.5 Å². The molecule has 0 atom stereocenters. The molecule has 2 amide bonds. The molecule has 0 aromatic carbocycles.